The molecule has 0 spiro atoms. The molecule has 0 unspecified atom stereocenters. The highest BCUT2D eigenvalue weighted by Crippen LogP contribution is 2.29. The van der Waals surface area contributed by atoms with Crippen LogP contribution in [0.25, 0.3) is 10.6 Å². The monoisotopic (exact) mass is 431 g/mol. The van der Waals surface area contributed by atoms with E-state index >= 15 is 0 Å². The molecular weight excluding hydrogens is 406 g/mol. The van der Waals surface area contributed by atoms with E-state index in [0.717, 1.165) is 42.2 Å². The lowest BCUT2D eigenvalue weighted by Crippen LogP contribution is -2.47. The molecular formula is C18H26ClN3O3S2. The number of aryl methyl sites for hydroxylation is 1. The van der Waals surface area contributed by atoms with Crippen molar-refractivity contribution in [3.05, 3.63) is 35.3 Å². The maximum Gasteiger partial charge on any atom is 0.240 e. The number of nitrogens with one attached hydrogen (secondary N) is 2. The maximum absolute atomic E-state index is 12.8. The van der Waals surface area contributed by atoms with Gasteiger partial charge in [0.1, 0.15) is 5.01 Å². The zero-order valence-corrected chi connectivity index (χ0v) is 18.0. The summed E-state index contributed by atoms with van der Waals surface area (Å²) in [6, 6.07) is 6.95. The van der Waals surface area contributed by atoms with E-state index in [2.05, 4.69) is 15.0 Å². The van der Waals surface area contributed by atoms with Gasteiger partial charge in [0.05, 0.1) is 11.5 Å². The van der Waals surface area contributed by atoms with Gasteiger partial charge in [0, 0.05) is 35.7 Å². The SMILES string of the molecule is COCC1(CNS(=O)(=O)c2cccc(-c3nc(C)cs3)c2)CCNCC1.Cl. The summed E-state index contributed by atoms with van der Waals surface area (Å²) in [7, 11) is -1.92. The minimum Gasteiger partial charge on any atom is -0.384 e. The number of ether oxygens (including phenoxy) is 1. The van der Waals surface area contributed by atoms with Gasteiger partial charge in [-0.2, -0.15) is 0 Å². The van der Waals surface area contributed by atoms with Crippen molar-refractivity contribution in [1.82, 2.24) is 15.0 Å². The van der Waals surface area contributed by atoms with Crippen LogP contribution in [0.15, 0.2) is 34.5 Å². The number of hydrogen-bond donors (Lipinski definition) is 2. The molecule has 2 aromatic rings. The first-order chi connectivity index (χ1) is 12.4. The Kier molecular flexibility index (Phi) is 7.79. The van der Waals surface area contributed by atoms with E-state index in [0.29, 0.717) is 13.2 Å². The van der Waals surface area contributed by atoms with Gasteiger partial charge >= 0.3 is 0 Å². The van der Waals surface area contributed by atoms with Crippen LogP contribution in [0.2, 0.25) is 0 Å². The van der Waals surface area contributed by atoms with Crippen molar-refractivity contribution >= 4 is 33.8 Å². The highest BCUT2D eigenvalue weighted by molar-refractivity contribution is 7.89. The van der Waals surface area contributed by atoms with E-state index in [4.69, 9.17) is 4.74 Å². The lowest BCUT2D eigenvalue weighted by Gasteiger charge is -2.37. The normalized spacial score (nSPS) is 16.7. The summed E-state index contributed by atoms with van der Waals surface area (Å²) >= 11 is 1.51. The van der Waals surface area contributed by atoms with Crippen molar-refractivity contribution in [3.63, 3.8) is 0 Å². The van der Waals surface area contributed by atoms with Crippen LogP contribution < -0.4 is 10.0 Å². The molecule has 2 N–H and O–H groups in total. The number of halogens is 1. The van der Waals surface area contributed by atoms with Gasteiger partial charge in [-0.05, 0) is 45.0 Å². The zero-order valence-electron chi connectivity index (χ0n) is 15.5. The molecule has 1 saturated heterocycles. The molecule has 1 fully saturated rings. The van der Waals surface area contributed by atoms with Crippen LogP contribution in [0.1, 0.15) is 18.5 Å². The molecule has 0 atom stereocenters. The standard InChI is InChI=1S/C18H25N3O3S2.ClH/c1-14-11-25-17(21-14)15-4-3-5-16(10-15)26(22,23)20-12-18(13-24-2)6-8-19-9-7-18;/h3-5,10-11,19-20H,6-9,12-13H2,1-2H3;1H. The predicted molar refractivity (Wildman–Crippen MR) is 111 cm³/mol. The molecule has 1 aliphatic heterocycles. The number of rotatable bonds is 7. The quantitative estimate of drug-likeness (QED) is 0.704. The van der Waals surface area contributed by atoms with Gasteiger partial charge in [-0.3, -0.25) is 0 Å². The average Bonchev–Trinajstić information content (AvgIpc) is 3.08. The van der Waals surface area contributed by atoms with E-state index in [1.54, 1.807) is 25.3 Å². The number of benzene rings is 1. The molecule has 0 bridgehead atoms. The molecule has 1 aromatic heterocycles. The number of nitrogens with zero attached hydrogens (tertiary/aromatic N) is 1. The summed E-state index contributed by atoms with van der Waals surface area (Å²) in [5.41, 5.74) is 1.60. The first kappa shape index (κ1) is 22.3. The van der Waals surface area contributed by atoms with Crippen molar-refractivity contribution in [2.24, 2.45) is 5.41 Å². The highest BCUT2D eigenvalue weighted by atomic mass is 35.5. The van der Waals surface area contributed by atoms with Crippen molar-refractivity contribution in [2.75, 3.05) is 33.4 Å². The van der Waals surface area contributed by atoms with Crippen LogP contribution in [-0.2, 0) is 14.8 Å². The average molecular weight is 432 g/mol. The second-order valence-electron chi connectivity index (χ2n) is 6.83. The third-order valence-corrected chi connectivity index (χ3v) is 7.17. The van der Waals surface area contributed by atoms with Crippen LogP contribution in [0.5, 0.6) is 0 Å². The van der Waals surface area contributed by atoms with E-state index in [1.165, 1.54) is 11.3 Å². The van der Waals surface area contributed by atoms with Gasteiger partial charge in [-0.25, -0.2) is 18.1 Å². The van der Waals surface area contributed by atoms with Crippen molar-refractivity contribution in [2.45, 2.75) is 24.7 Å². The number of piperidine rings is 1. The molecule has 27 heavy (non-hydrogen) atoms. The van der Waals surface area contributed by atoms with E-state index in [9.17, 15) is 8.42 Å². The predicted octanol–water partition coefficient (Wildman–Crippen LogP) is 2.83. The largest absolute Gasteiger partial charge is 0.384 e. The lowest BCUT2D eigenvalue weighted by molar-refractivity contribution is 0.0577. The number of thiazole rings is 1. The highest BCUT2D eigenvalue weighted by Gasteiger charge is 2.33. The Morgan fingerprint density at radius 3 is 2.70 bits per heavy atom. The molecule has 2 heterocycles. The van der Waals surface area contributed by atoms with Gasteiger partial charge in [0.15, 0.2) is 0 Å². The minimum atomic E-state index is -3.59. The van der Waals surface area contributed by atoms with E-state index in [-0.39, 0.29) is 22.7 Å². The molecule has 1 aromatic carbocycles. The van der Waals surface area contributed by atoms with Crippen molar-refractivity contribution < 1.29 is 13.2 Å². The summed E-state index contributed by atoms with van der Waals surface area (Å²) in [6.07, 6.45) is 1.78. The Hall–Kier alpha value is -1.03. The first-order valence-electron chi connectivity index (χ1n) is 8.66. The molecule has 150 valence electrons. The van der Waals surface area contributed by atoms with Crippen LogP contribution in [0.4, 0.5) is 0 Å². The number of hydrogen-bond acceptors (Lipinski definition) is 6. The minimum absolute atomic E-state index is 0. The topological polar surface area (TPSA) is 80.3 Å². The summed E-state index contributed by atoms with van der Waals surface area (Å²) in [5, 5.41) is 6.10. The van der Waals surface area contributed by atoms with E-state index < -0.39 is 10.0 Å². The van der Waals surface area contributed by atoms with E-state index in [1.807, 2.05) is 18.4 Å². The summed E-state index contributed by atoms with van der Waals surface area (Å²) < 4.78 is 33.8. The van der Waals surface area contributed by atoms with Crippen molar-refractivity contribution in [1.29, 1.82) is 0 Å². The van der Waals surface area contributed by atoms with Gasteiger partial charge in [0.25, 0.3) is 0 Å². The smallest absolute Gasteiger partial charge is 0.240 e. The number of aromatic nitrogens is 1. The van der Waals surface area contributed by atoms with Crippen LogP contribution in [0, 0.1) is 12.3 Å². The third-order valence-electron chi connectivity index (χ3n) is 4.76. The molecule has 1 aliphatic rings. The fourth-order valence-electron chi connectivity index (χ4n) is 3.25. The molecule has 6 nitrogen and oxygen atoms in total. The molecule has 0 amide bonds. The Morgan fingerprint density at radius 2 is 2.07 bits per heavy atom. The molecule has 3 rings (SSSR count). The third kappa shape index (κ3) is 5.49. The second kappa shape index (κ2) is 9.45. The Balaban J connectivity index is 0.00000261. The van der Waals surface area contributed by atoms with Gasteiger partial charge in [0.2, 0.25) is 10.0 Å². The van der Waals surface area contributed by atoms with Crippen LogP contribution in [-0.4, -0.2) is 46.8 Å². The Morgan fingerprint density at radius 1 is 1.33 bits per heavy atom. The van der Waals surface area contributed by atoms with Crippen LogP contribution in [0.3, 0.4) is 0 Å². The zero-order chi connectivity index (χ0) is 18.6. The maximum atomic E-state index is 12.8. The summed E-state index contributed by atoms with van der Waals surface area (Å²) in [4.78, 5) is 4.71. The number of sulfonamides is 1. The Bertz CT molecular complexity index is 844. The fourth-order valence-corrected chi connectivity index (χ4v) is 5.25. The van der Waals surface area contributed by atoms with Crippen molar-refractivity contribution in [3.8, 4) is 10.6 Å². The Labute approximate surface area is 171 Å². The first-order valence-corrected chi connectivity index (χ1v) is 11.0. The van der Waals surface area contributed by atoms with Gasteiger partial charge < -0.3 is 10.1 Å². The summed E-state index contributed by atoms with van der Waals surface area (Å²) in [6.45, 7) is 4.62. The molecule has 0 radical (unpaired) electrons. The second-order valence-corrected chi connectivity index (χ2v) is 9.45. The molecule has 0 saturated carbocycles. The lowest BCUT2D eigenvalue weighted by atomic mass is 9.80. The molecule has 0 aliphatic carbocycles. The summed E-state index contributed by atoms with van der Waals surface area (Å²) in [5.74, 6) is 0. The number of methoxy groups -OCH3 is 1. The molecule has 9 heteroatoms. The van der Waals surface area contributed by atoms with Gasteiger partial charge in [-0.15, -0.1) is 23.7 Å². The van der Waals surface area contributed by atoms with Crippen LogP contribution >= 0.6 is 23.7 Å². The van der Waals surface area contributed by atoms with Gasteiger partial charge in [-0.1, -0.05) is 12.1 Å². The fraction of sp³-hybridized carbons (Fsp3) is 0.500.